The van der Waals surface area contributed by atoms with Crippen molar-refractivity contribution in [2.24, 2.45) is 16.8 Å². The first-order valence-corrected chi connectivity index (χ1v) is 8.39. The molecule has 0 radical (unpaired) electrons. The molecule has 0 aromatic carbocycles. The molecule has 22 heavy (non-hydrogen) atoms. The first-order chi connectivity index (χ1) is 10.1. The minimum Gasteiger partial charge on any atom is -0.379 e. The highest BCUT2D eigenvalue weighted by Crippen LogP contribution is 2.28. The van der Waals surface area contributed by atoms with Gasteiger partial charge in [-0.25, -0.2) is 0 Å². The van der Waals surface area contributed by atoms with E-state index in [1.807, 2.05) is 7.05 Å². The Morgan fingerprint density at radius 3 is 2.45 bits per heavy atom. The van der Waals surface area contributed by atoms with Crippen LogP contribution in [-0.2, 0) is 4.74 Å². The molecule has 1 heterocycles. The van der Waals surface area contributed by atoms with Gasteiger partial charge in [0, 0.05) is 38.8 Å². The van der Waals surface area contributed by atoms with Crippen molar-refractivity contribution in [2.75, 3.05) is 39.9 Å². The van der Waals surface area contributed by atoms with Crippen LogP contribution in [0.25, 0.3) is 0 Å². The molecule has 0 aromatic heterocycles. The molecule has 3 atom stereocenters. The highest BCUT2D eigenvalue weighted by atomic mass is 127. The van der Waals surface area contributed by atoms with Crippen molar-refractivity contribution in [1.29, 1.82) is 0 Å². The van der Waals surface area contributed by atoms with Gasteiger partial charge < -0.3 is 15.4 Å². The maximum absolute atomic E-state index is 5.48. The van der Waals surface area contributed by atoms with Gasteiger partial charge in [-0.1, -0.05) is 20.8 Å². The second-order valence-corrected chi connectivity index (χ2v) is 6.85. The van der Waals surface area contributed by atoms with E-state index in [1.165, 1.54) is 12.8 Å². The molecule has 0 amide bonds. The molecule has 6 heteroatoms. The molecule has 1 saturated carbocycles. The molecule has 1 saturated heterocycles. The Balaban J connectivity index is 0.00000242. The van der Waals surface area contributed by atoms with E-state index >= 15 is 0 Å². The highest BCUT2D eigenvalue weighted by molar-refractivity contribution is 14.0. The van der Waals surface area contributed by atoms with Crippen molar-refractivity contribution in [3.05, 3.63) is 0 Å². The van der Waals surface area contributed by atoms with Gasteiger partial charge in [0.2, 0.25) is 0 Å². The molecule has 0 aromatic rings. The SMILES string of the molecule is CN=C(NCC(CC(C)C)N1CCOCC1)NC1CC1C.I. The Kier molecular flexibility index (Phi) is 9.01. The summed E-state index contributed by atoms with van der Waals surface area (Å²) in [7, 11) is 1.86. The predicted molar refractivity (Wildman–Crippen MR) is 103 cm³/mol. The van der Waals surface area contributed by atoms with Crippen LogP contribution in [0.3, 0.4) is 0 Å². The number of halogens is 1. The summed E-state index contributed by atoms with van der Waals surface area (Å²) >= 11 is 0. The molecular formula is C16H33IN4O. The first-order valence-electron chi connectivity index (χ1n) is 8.39. The second-order valence-electron chi connectivity index (χ2n) is 6.85. The van der Waals surface area contributed by atoms with Gasteiger partial charge in [0.05, 0.1) is 13.2 Å². The van der Waals surface area contributed by atoms with Gasteiger partial charge in [-0.15, -0.1) is 24.0 Å². The van der Waals surface area contributed by atoms with E-state index in [0.29, 0.717) is 18.0 Å². The van der Waals surface area contributed by atoms with E-state index in [1.54, 1.807) is 0 Å². The molecule has 1 aliphatic carbocycles. The number of ether oxygens (including phenoxy) is 1. The van der Waals surface area contributed by atoms with Crippen LogP contribution in [0, 0.1) is 11.8 Å². The summed E-state index contributed by atoms with van der Waals surface area (Å²) in [6.07, 6.45) is 2.48. The number of aliphatic imine (C=N–C) groups is 1. The normalized spacial score (nSPS) is 27.2. The third-order valence-corrected chi connectivity index (χ3v) is 4.47. The lowest BCUT2D eigenvalue weighted by molar-refractivity contribution is 0.0132. The van der Waals surface area contributed by atoms with Crippen molar-refractivity contribution < 1.29 is 4.74 Å². The van der Waals surface area contributed by atoms with Crippen LogP contribution in [0.1, 0.15) is 33.6 Å². The molecule has 5 nitrogen and oxygen atoms in total. The van der Waals surface area contributed by atoms with E-state index in [9.17, 15) is 0 Å². The predicted octanol–water partition coefficient (Wildman–Crippen LogP) is 1.92. The smallest absolute Gasteiger partial charge is 0.191 e. The van der Waals surface area contributed by atoms with Crippen LogP contribution in [0.4, 0.5) is 0 Å². The van der Waals surface area contributed by atoms with Gasteiger partial charge in [0.15, 0.2) is 5.96 Å². The Morgan fingerprint density at radius 2 is 1.95 bits per heavy atom. The average molecular weight is 424 g/mol. The van der Waals surface area contributed by atoms with Gasteiger partial charge >= 0.3 is 0 Å². The van der Waals surface area contributed by atoms with Crippen LogP contribution >= 0.6 is 24.0 Å². The third kappa shape index (κ3) is 6.58. The summed E-state index contributed by atoms with van der Waals surface area (Å²) in [5.41, 5.74) is 0. The fourth-order valence-electron chi connectivity index (χ4n) is 2.96. The number of hydrogen-bond acceptors (Lipinski definition) is 3. The van der Waals surface area contributed by atoms with Gasteiger partial charge in [-0.2, -0.15) is 0 Å². The summed E-state index contributed by atoms with van der Waals surface area (Å²) in [5.74, 6) is 2.44. The fourth-order valence-corrected chi connectivity index (χ4v) is 2.96. The largest absolute Gasteiger partial charge is 0.379 e. The lowest BCUT2D eigenvalue weighted by Crippen LogP contribution is -2.51. The van der Waals surface area contributed by atoms with E-state index in [4.69, 9.17) is 4.74 Å². The number of nitrogens with zero attached hydrogens (tertiary/aromatic N) is 2. The standard InChI is InChI=1S/C16H32N4O.HI/c1-12(2)9-14(20-5-7-21-8-6-20)11-18-16(17-4)19-15-10-13(15)3;/h12-15H,5-11H2,1-4H3,(H2,17,18,19);1H. The van der Waals surface area contributed by atoms with E-state index in [-0.39, 0.29) is 24.0 Å². The van der Waals surface area contributed by atoms with Crippen molar-refractivity contribution in [3.8, 4) is 0 Å². The molecule has 130 valence electrons. The molecule has 3 unspecified atom stereocenters. The quantitative estimate of drug-likeness (QED) is 0.389. The molecular weight excluding hydrogens is 391 g/mol. The molecule has 2 N–H and O–H groups in total. The van der Waals surface area contributed by atoms with Crippen LogP contribution in [-0.4, -0.2) is 62.8 Å². The zero-order valence-electron chi connectivity index (χ0n) is 14.5. The molecule has 0 bridgehead atoms. The maximum atomic E-state index is 5.48. The summed E-state index contributed by atoms with van der Waals surface area (Å²) in [6.45, 7) is 11.6. The van der Waals surface area contributed by atoms with Crippen LogP contribution < -0.4 is 10.6 Å². The minimum atomic E-state index is 0. The molecule has 2 fully saturated rings. The summed E-state index contributed by atoms with van der Waals surface area (Å²) < 4.78 is 5.48. The minimum absolute atomic E-state index is 0. The number of rotatable bonds is 6. The van der Waals surface area contributed by atoms with Gasteiger partial charge in [-0.05, 0) is 24.7 Å². The van der Waals surface area contributed by atoms with Crippen molar-refractivity contribution >= 4 is 29.9 Å². The van der Waals surface area contributed by atoms with Crippen LogP contribution in [0.2, 0.25) is 0 Å². The van der Waals surface area contributed by atoms with Gasteiger partial charge in [0.25, 0.3) is 0 Å². The highest BCUT2D eigenvalue weighted by Gasteiger charge is 2.33. The van der Waals surface area contributed by atoms with Crippen LogP contribution in [0.15, 0.2) is 4.99 Å². The Hall–Kier alpha value is -0.0800. The molecule has 2 rings (SSSR count). The summed E-state index contributed by atoms with van der Waals surface area (Å²) in [4.78, 5) is 6.91. The Labute approximate surface area is 152 Å². The lowest BCUT2D eigenvalue weighted by atomic mass is 10.0. The number of guanidine groups is 1. The molecule has 0 spiro atoms. The van der Waals surface area contributed by atoms with Crippen LogP contribution in [0.5, 0.6) is 0 Å². The first kappa shape index (κ1) is 20.0. The zero-order valence-corrected chi connectivity index (χ0v) is 16.8. The molecule has 1 aliphatic heterocycles. The van der Waals surface area contributed by atoms with Crippen molar-refractivity contribution in [2.45, 2.75) is 45.7 Å². The third-order valence-electron chi connectivity index (χ3n) is 4.47. The summed E-state index contributed by atoms with van der Waals surface area (Å²) in [6, 6.07) is 1.17. The zero-order chi connectivity index (χ0) is 15.2. The van der Waals surface area contributed by atoms with Gasteiger partial charge in [-0.3, -0.25) is 9.89 Å². The van der Waals surface area contributed by atoms with E-state index < -0.39 is 0 Å². The Morgan fingerprint density at radius 1 is 1.32 bits per heavy atom. The topological polar surface area (TPSA) is 48.9 Å². The average Bonchev–Trinajstić information content (AvgIpc) is 3.17. The second kappa shape index (κ2) is 9.93. The Bertz CT molecular complexity index is 345. The monoisotopic (exact) mass is 424 g/mol. The van der Waals surface area contributed by atoms with E-state index in [2.05, 4.69) is 41.3 Å². The number of hydrogen-bond donors (Lipinski definition) is 2. The van der Waals surface area contributed by atoms with Crippen molar-refractivity contribution in [1.82, 2.24) is 15.5 Å². The molecule has 2 aliphatic rings. The summed E-state index contributed by atoms with van der Waals surface area (Å²) in [5, 5.41) is 7.02. The number of nitrogens with one attached hydrogen (secondary N) is 2. The number of morpholine rings is 1. The van der Waals surface area contributed by atoms with Gasteiger partial charge in [0.1, 0.15) is 0 Å². The maximum Gasteiger partial charge on any atom is 0.191 e. The lowest BCUT2D eigenvalue weighted by Gasteiger charge is -2.35. The fraction of sp³-hybridized carbons (Fsp3) is 0.938. The van der Waals surface area contributed by atoms with Crippen molar-refractivity contribution in [3.63, 3.8) is 0 Å². The van der Waals surface area contributed by atoms with E-state index in [0.717, 1.165) is 44.7 Å².